The van der Waals surface area contributed by atoms with Crippen molar-refractivity contribution in [3.05, 3.63) is 0 Å². The molecule has 0 aliphatic heterocycles. The second-order valence-corrected chi connectivity index (χ2v) is 3.62. The minimum absolute atomic E-state index is 0.791. The lowest BCUT2D eigenvalue weighted by Crippen LogP contribution is -2.10. The Hall–Kier alpha value is -0.530. The van der Waals surface area contributed by atoms with E-state index in [1.54, 1.807) is 0 Å². The fraction of sp³-hybridized carbons (Fsp3) is 0.900. The maximum absolute atomic E-state index is 5.56. The summed E-state index contributed by atoms with van der Waals surface area (Å²) < 4.78 is 0. The molecule has 72 valence electrons. The van der Waals surface area contributed by atoms with Crippen molar-refractivity contribution in [3.8, 4) is 0 Å². The van der Waals surface area contributed by atoms with E-state index in [4.69, 9.17) is 5.73 Å². The quantitative estimate of drug-likeness (QED) is 0.371. The predicted molar refractivity (Wildman–Crippen MR) is 55.5 cm³/mol. The molecular formula is C10H22N2. The second kappa shape index (κ2) is 7.14. The van der Waals surface area contributed by atoms with Crippen LogP contribution in [0.4, 0.5) is 0 Å². The van der Waals surface area contributed by atoms with Crippen LogP contribution in [0, 0.1) is 5.92 Å². The first-order valence-corrected chi connectivity index (χ1v) is 4.95. The maximum atomic E-state index is 5.56. The summed E-state index contributed by atoms with van der Waals surface area (Å²) in [4.78, 5) is 4.23. The van der Waals surface area contributed by atoms with Gasteiger partial charge in [-0.05, 0) is 12.3 Å². The van der Waals surface area contributed by atoms with Gasteiger partial charge in [-0.2, -0.15) is 0 Å². The SMILES string of the molecule is CCC(N)=NCCCCC(C)C. The van der Waals surface area contributed by atoms with Crippen LogP contribution in [-0.4, -0.2) is 12.4 Å². The van der Waals surface area contributed by atoms with Gasteiger partial charge in [0, 0.05) is 13.0 Å². The smallest absolute Gasteiger partial charge is 0.0934 e. The van der Waals surface area contributed by atoms with E-state index in [0.29, 0.717) is 0 Å². The van der Waals surface area contributed by atoms with E-state index in [1.165, 1.54) is 19.3 Å². The molecule has 0 aliphatic rings. The van der Waals surface area contributed by atoms with E-state index < -0.39 is 0 Å². The molecule has 0 unspecified atom stereocenters. The molecule has 0 aliphatic carbocycles. The highest BCUT2D eigenvalue weighted by Gasteiger charge is 1.93. The van der Waals surface area contributed by atoms with Gasteiger partial charge in [0.15, 0.2) is 0 Å². The van der Waals surface area contributed by atoms with E-state index in [-0.39, 0.29) is 0 Å². The average Bonchev–Trinajstić information content (AvgIpc) is 2.03. The van der Waals surface area contributed by atoms with Crippen molar-refractivity contribution < 1.29 is 0 Å². The van der Waals surface area contributed by atoms with E-state index in [0.717, 1.165) is 24.7 Å². The van der Waals surface area contributed by atoms with Crippen molar-refractivity contribution in [2.24, 2.45) is 16.6 Å². The Kier molecular flexibility index (Phi) is 6.82. The standard InChI is InChI=1S/C10H22N2/c1-4-10(11)12-8-6-5-7-9(2)3/h9H,4-8H2,1-3H3,(H2,11,12). The summed E-state index contributed by atoms with van der Waals surface area (Å²) >= 11 is 0. The van der Waals surface area contributed by atoms with Gasteiger partial charge in [0.25, 0.3) is 0 Å². The van der Waals surface area contributed by atoms with Crippen LogP contribution in [0.1, 0.15) is 46.5 Å². The Morgan fingerprint density at radius 1 is 1.33 bits per heavy atom. The van der Waals surface area contributed by atoms with E-state index >= 15 is 0 Å². The molecule has 0 saturated carbocycles. The molecule has 12 heavy (non-hydrogen) atoms. The van der Waals surface area contributed by atoms with Gasteiger partial charge in [0.1, 0.15) is 0 Å². The minimum Gasteiger partial charge on any atom is -0.387 e. The lowest BCUT2D eigenvalue weighted by atomic mass is 10.1. The van der Waals surface area contributed by atoms with Crippen molar-refractivity contribution in [2.75, 3.05) is 6.54 Å². The summed E-state index contributed by atoms with van der Waals surface area (Å²) in [5, 5.41) is 0. The van der Waals surface area contributed by atoms with Crippen LogP contribution in [0.3, 0.4) is 0 Å². The van der Waals surface area contributed by atoms with Gasteiger partial charge in [0.2, 0.25) is 0 Å². The van der Waals surface area contributed by atoms with Crippen LogP contribution >= 0.6 is 0 Å². The molecule has 0 amide bonds. The number of unbranched alkanes of at least 4 members (excludes halogenated alkanes) is 1. The van der Waals surface area contributed by atoms with Gasteiger partial charge in [-0.3, -0.25) is 4.99 Å². The predicted octanol–water partition coefficient (Wildman–Crippen LogP) is 2.58. The largest absolute Gasteiger partial charge is 0.387 e. The number of hydrogen-bond donors (Lipinski definition) is 1. The van der Waals surface area contributed by atoms with E-state index in [1.807, 2.05) is 6.92 Å². The van der Waals surface area contributed by atoms with Crippen molar-refractivity contribution in [2.45, 2.75) is 46.5 Å². The zero-order valence-corrected chi connectivity index (χ0v) is 8.64. The van der Waals surface area contributed by atoms with Crippen LogP contribution < -0.4 is 5.73 Å². The zero-order valence-electron chi connectivity index (χ0n) is 8.64. The van der Waals surface area contributed by atoms with Crippen molar-refractivity contribution >= 4 is 5.84 Å². The summed E-state index contributed by atoms with van der Waals surface area (Å²) in [6, 6.07) is 0. The van der Waals surface area contributed by atoms with Crippen LogP contribution in [0.15, 0.2) is 4.99 Å². The Balaban J connectivity index is 3.21. The van der Waals surface area contributed by atoms with Crippen LogP contribution in [-0.2, 0) is 0 Å². The number of amidine groups is 1. The fourth-order valence-corrected chi connectivity index (χ4v) is 0.999. The van der Waals surface area contributed by atoms with Crippen LogP contribution in [0.2, 0.25) is 0 Å². The number of nitrogens with two attached hydrogens (primary N) is 1. The highest BCUT2D eigenvalue weighted by atomic mass is 14.8. The molecule has 0 atom stereocenters. The third kappa shape index (κ3) is 7.58. The maximum Gasteiger partial charge on any atom is 0.0934 e. The molecule has 0 bridgehead atoms. The van der Waals surface area contributed by atoms with Crippen LogP contribution in [0.5, 0.6) is 0 Å². The average molecular weight is 170 g/mol. The first kappa shape index (κ1) is 11.5. The molecule has 2 heteroatoms. The monoisotopic (exact) mass is 170 g/mol. The van der Waals surface area contributed by atoms with Crippen molar-refractivity contribution in [1.82, 2.24) is 0 Å². The molecule has 0 saturated heterocycles. The highest BCUT2D eigenvalue weighted by molar-refractivity contribution is 5.79. The summed E-state index contributed by atoms with van der Waals surface area (Å²) in [6.45, 7) is 7.45. The van der Waals surface area contributed by atoms with Gasteiger partial charge in [0.05, 0.1) is 5.84 Å². The number of nitrogens with zero attached hydrogens (tertiary/aromatic N) is 1. The molecule has 0 aromatic heterocycles. The summed E-state index contributed by atoms with van der Waals surface area (Å²) in [5.41, 5.74) is 5.56. The third-order valence-corrected chi connectivity index (χ3v) is 1.87. The number of rotatable bonds is 6. The zero-order chi connectivity index (χ0) is 9.40. The minimum atomic E-state index is 0.791. The third-order valence-electron chi connectivity index (χ3n) is 1.87. The molecule has 0 heterocycles. The molecule has 0 aromatic carbocycles. The Labute approximate surface area is 76.3 Å². The van der Waals surface area contributed by atoms with Crippen molar-refractivity contribution in [1.29, 1.82) is 0 Å². The van der Waals surface area contributed by atoms with Gasteiger partial charge < -0.3 is 5.73 Å². The molecule has 0 rings (SSSR count). The van der Waals surface area contributed by atoms with Gasteiger partial charge in [-0.25, -0.2) is 0 Å². The molecule has 2 nitrogen and oxygen atoms in total. The molecule has 2 N–H and O–H groups in total. The molecule has 0 spiro atoms. The summed E-state index contributed by atoms with van der Waals surface area (Å²) in [7, 11) is 0. The first-order valence-electron chi connectivity index (χ1n) is 4.95. The Bertz CT molecular complexity index is 128. The van der Waals surface area contributed by atoms with E-state index in [9.17, 15) is 0 Å². The van der Waals surface area contributed by atoms with Gasteiger partial charge in [-0.15, -0.1) is 0 Å². The lowest BCUT2D eigenvalue weighted by Gasteiger charge is -2.02. The summed E-state index contributed by atoms with van der Waals surface area (Å²) in [6.07, 6.45) is 4.64. The van der Waals surface area contributed by atoms with Crippen molar-refractivity contribution in [3.63, 3.8) is 0 Å². The molecular weight excluding hydrogens is 148 g/mol. The Morgan fingerprint density at radius 3 is 2.50 bits per heavy atom. The molecule has 0 radical (unpaired) electrons. The topological polar surface area (TPSA) is 38.4 Å². The normalized spacial score (nSPS) is 12.5. The highest BCUT2D eigenvalue weighted by Crippen LogP contribution is 2.05. The fourth-order valence-electron chi connectivity index (χ4n) is 0.999. The number of aliphatic imine (C=N–C) groups is 1. The first-order chi connectivity index (χ1) is 5.66. The molecule has 0 aromatic rings. The van der Waals surface area contributed by atoms with Gasteiger partial charge in [-0.1, -0.05) is 33.6 Å². The lowest BCUT2D eigenvalue weighted by molar-refractivity contribution is 0.541. The number of hydrogen-bond acceptors (Lipinski definition) is 1. The summed E-state index contributed by atoms with van der Waals surface area (Å²) in [5.74, 6) is 1.61. The van der Waals surface area contributed by atoms with Gasteiger partial charge >= 0.3 is 0 Å². The second-order valence-electron chi connectivity index (χ2n) is 3.62. The van der Waals surface area contributed by atoms with Crippen LogP contribution in [0.25, 0.3) is 0 Å². The Morgan fingerprint density at radius 2 is 2.00 bits per heavy atom. The molecule has 0 fully saturated rings. The van der Waals surface area contributed by atoms with E-state index in [2.05, 4.69) is 18.8 Å².